The van der Waals surface area contributed by atoms with E-state index in [0.29, 0.717) is 5.92 Å². The molecule has 0 radical (unpaired) electrons. The molecule has 1 fully saturated rings. The Morgan fingerprint density at radius 2 is 2.33 bits per heavy atom. The van der Waals surface area contributed by atoms with Gasteiger partial charge in [-0.15, -0.1) is 0 Å². The largest absolute Gasteiger partial charge is 0.284 e. The van der Waals surface area contributed by atoms with Crippen molar-refractivity contribution in [3.05, 3.63) is 12.4 Å². The number of aromatic amines is 1. The number of H-pyrrole nitrogens is 1. The predicted octanol–water partition coefficient (Wildman–Crippen LogP) is 0.877. The molecule has 1 aliphatic rings. The summed E-state index contributed by atoms with van der Waals surface area (Å²) in [6.45, 7) is 1.92. The van der Waals surface area contributed by atoms with E-state index in [0.717, 1.165) is 12.8 Å². The lowest BCUT2D eigenvalue weighted by Crippen LogP contribution is -2.40. The van der Waals surface area contributed by atoms with Gasteiger partial charge in [0, 0.05) is 12.2 Å². The molecule has 1 heterocycles. The highest BCUT2D eigenvalue weighted by Crippen LogP contribution is 2.29. The van der Waals surface area contributed by atoms with E-state index >= 15 is 0 Å². The summed E-state index contributed by atoms with van der Waals surface area (Å²) >= 11 is 0. The highest BCUT2D eigenvalue weighted by atomic mass is 32.2. The molecule has 0 saturated heterocycles. The molecule has 1 aromatic heterocycles. The Hall–Kier alpha value is -0.880. The van der Waals surface area contributed by atoms with Crippen LogP contribution in [-0.4, -0.2) is 24.7 Å². The second-order valence-electron chi connectivity index (χ2n) is 4.03. The molecule has 0 amide bonds. The van der Waals surface area contributed by atoms with Gasteiger partial charge in [-0.3, -0.25) is 5.10 Å². The molecule has 84 valence electrons. The van der Waals surface area contributed by atoms with Crippen molar-refractivity contribution in [3.8, 4) is 0 Å². The molecule has 0 aromatic carbocycles. The van der Waals surface area contributed by atoms with Crippen LogP contribution in [-0.2, 0) is 10.0 Å². The topological polar surface area (TPSA) is 74.8 Å². The molecule has 1 atom stereocenters. The Morgan fingerprint density at radius 1 is 1.60 bits per heavy atom. The van der Waals surface area contributed by atoms with Gasteiger partial charge in [0.15, 0.2) is 0 Å². The van der Waals surface area contributed by atoms with Crippen molar-refractivity contribution >= 4 is 10.0 Å². The van der Waals surface area contributed by atoms with Gasteiger partial charge in [0.25, 0.3) is 0 Å². The number of hydrogen-bond acceptors (Lipinski definition) is 3. The van der Waals surface area contributed by atoms with Crippen LogP contribution in [0.2, 0.25) is 0 Å². The maximum absolute atomic E-state index is 11.8. The van der Waals surface area contributed by atoms with E-state index in [1.807, 2.05) is 6.92 Å². The van der Waals surface area contributed by atoms with E-state index < -0.39 is 10.0 Å². The second-order valence-corrected chi connectivity index (χ2v) is 5.75. The molecule has 1 aromatic rings. The molecule has 0 spiro atoms. The minimum absolute atomic E-state index is 0.0126. The van der Waals surface area contributed by atoms with Crippen molar-refractivity contribution in [2.75, 3.05) is 0 Å². The van der Waals surface area contributed by atoms with Gasteiger partial charge in [-0.1, -0.05) is 6.42 Å². The first-order valence-corrected chi connectivity index (χ1v) is 6.59. The predicted molar refractivity (Wildman–Crippen MR) is 55.7 cm³/mol. The third-order valence-corrected chi connectivity index (χ3v) is 4.51. The SMILES string of the molecule is CC(NS(=O)(=O)c1cn[nH]c1)C1CCC1. The first kappa shape index (κ1) is 10.6. The molecular formula is C9H15N3O2S. The van der Waals surface area contributed by atoms with Gasteiger partial charge in [0.1, 0.15) is 4.90 Å². The van der Waals surface area contributed by atoms with Crippen LogP contribution in [0.5, 0.6) is 0 Å². The van der Waals surface area contributed by atoms with Crippen LogP contribution >= 0.6 is 0 Å². The van der Waals surface area contributed by atoms with Crippen LogP contribution < -0.4 is 4.72 Å². The van der Waals surface area contributed by atoms with Crippen LogP contribution in [0.25, 0.3) is 0 Å². The van der Waals surface area contributed by atoms with Gasteiger partial charge in [-0.2, -0.15) is 5.10 Å². The lowest BCUT2D eigenvalue weighted by atomic mass is 9.81. The first-order valence-electron chi connectivity index (χ1n) is 5.11. The molecule has 1 unspecified atom stereocenters. The second kappa shape index (κ2) is 3.94. The average Bonchev–Trinajstić information content (AvgIpc) is 2.49. The lowest BCUT2D eigenvalue weighted by Gasteiger charge is -2.31. The van der Waals surface area contributed by atoms with Gasteiger partial charge >= 0.3 is 0 Å². The zero-order valence-electron chi connectivity index (χ0n) is 8.60. The van der Waals surface area contributed by atoms with Crippen LogP contribution in [0.4, 0.5) is 0 Å². The monoisotopic (exact) mass is 229 g/mol. The summed E-state index contributed by atoms with van der Waals surface area (Å²) in [4.78, 5) is 0.202. The number of aromatic nitrogens is 2. The number of nitrogens with zero attached hydrogens (tertiary/aromatic N) is 1. The van der Waals surface area contributed by atoms with Gasteiger partial charge in [0.2, 0.25) is 10.0 Å². The van der Waals surface area contributed by atoms with Crippen molar-refractivity contribution in [1.29, 1.82) is 0 Å². The quantitative estimate of drug-likeness (QED) is 0.804. The third-order valence-electron chi connectivity index (χ3n) is 2.98. The smallest absolute Gasteiger partial charge is 0.243 e. The summed E-state index contributed by atoms with van der Waals surface area (Å²) < 4.78 is 26.2. The van der Waals surface area contributed by atoms with Crippen molar-refractivity contribution < 1.29 is 8.42 Å². The van der Waals surface area contributed by atoms with E-state index in [-0.39, 0.29) is 10.9 Å². The Labute approximate surface area is 89.3 Å². The number of rotatable bonds is 4. The van der Waals surface area contributed by atoms with E-state index in [9.17, 15) is 8.42 Å². The molecular weight excluding hydrogens is 214 g/mol. The van der Waals surface area contributed by atoms with Crippen LogP contribution in [0.3, 0.4) is 0 Å². The molecule has 2 rings (SSSR count). The van der Waals surface area contributed by atoms with E-state index in [1.165, 1.54) is 18.8 Å². The average molecular weight is 229 g/mol. The van der Waals surface area contributed by atoms with Crippen LogP contribution in [0.15, 0.2) is 17.3 Å². The first-order chi connectivity index (χ1) is 7.09. The zero-order chi connectivity index (χ0) is 10.9. The summed E-state index contributed by atoms with van der Waals surface area (Å²) in [7, 11) is -3.38. The van der Waals surface area contributed by atoms with Crippen molar-refractivity contribution in [3.63, 3.8) is 0 Å². The fourth-order valence-electron chi connectivity index (χ4n) is 1.73. The summed E-state index contributed by atoms with van der Waals surface area (Å²) in [5.74, 6) is 0.492. The van der Waals surface area contributed by atoms with Gasteiger partial charge in [0.05, 0.1) is 6.20 Å². The lowest BCUT2D eigenvalue weighted by molar-refractivity contribution is 0.260. The molecule has 5 nitrogen and oxygen atoms in total. The van der Waals surface area contributed by atoms with Gasteiger partial charge < -0.3 is 0 Å². The maximum atomic E-state index is 11.8. The summed E-state index contributed by atoms with van der Waals surface area (Å²) in [5.41, 5.74) is 0. The zero-order valence-corrected chi connectivity index (χ0v) is 9.42. The number of nitrogens with one attached hydrogen (secondary N) is 2. The molecule has 15 heavy (non-hydrogen) atoms. The van der Waals surface area contributed by atoms with Crippen molar-refractivity contribution in [1.82, 2.24) is 14.9 Å². The molecule has 0 bridgehead atoms. The van der Waals surface area contributed by atoms with E-state index in [2.05, 4.69) is 14.9 Å². The maximum Gasteiger partial charge on any atom is 0.243 e. The third kappa shape index (κ3) is 2.21. The van der Waals surface area contributed by atoms with E-state index in [4.69, 9.17) is 0 Å². The molecule has 1 saturated carbocycles. The van der Waals surface area contributed by atoms with E-state index in [1.54, 1.807) is 0 Å². The van der Waals surface area contributed by atoms with Crippen LogP contribution in [0, 0.1) is 5.92 Å². The van der Waals surface area contributed by atoms with Crippen molar-refractivity contribution in [2.45, 2.75) is 37.1 Å². The Kier molecular flexibility index (Phi) is 2.79. The fraction of sp³-hybridized carbons (Fsp3) is 0.667. The molecule has 2 N–H and O–H groups in total. The Morgan fingerprint density at radius 3 is 2.80 bits per heavy atom. The summed E-state index contributed by atoms with van der Waals surface area (Å²) in [6.07, 6.45) is 6.15. The minimum Gasteiger partial charge on any atom is -0.284 e. The standard InChI is InChI=1S/C9H15N3O2S/c1-7(8-3-2-4-8)12-15(13,14)9-5-10-11-6-9/h5-8,12H,2-4H2,1H3,(H,10,11). The van der Waals surface area contributed by atoms with Crippen molar-refractivity contribution in [2.24, 2.45) is 5.92 Å². The molecule has 6 heteroatoms. The Balaban J connectivity index is 2.04. The summed E-state index contributed by atoms with van der Waals surface area (Å²) in [6, 6.07) is 0.0126. The normalized spacial score (nSPS) is 19.8. The number of hydrogen-bond donors (Lipinski definition) is 2. The molecule has 0 aliphatic heterocycles. The van der Waals surface area contributed by atoms with Gasteiger partial charge in [-0.25, -0.2) is 13.1 Å². The fourth-order valence-corrected chi connectivity index (χ4v) is 2.95. The highest BCUT2D eigenvalue weighted by molar-refractivity contribution is 7.89. The van der Waals surface area contributed by atoms with Crippen LogP contribution in [0.1, 0.15) is 26.2 Å². The van der Waals surface area contributed by atoms with Gasteiger partial charge in [-0.05, 0) is 25.7 Å². The highest BCUT2D eigenvalue weighted by Gasteiger charge is 2.28. The summed E-state index contributed by atoms with van der Waals surface area (Å²) in [5, 5.41) is 6.13. The Bertz CT molecular complexity index is 409. The molecule has 1 aliphatic carbocycles. The minimum atomic E-state index is -3.38. The number of sulfonamides is 1.